The van der Waals surface area contributed by atoms with Crippen molar-refractivity contribution in [3.8, 4) is 0 Å². The monoisotopic (exact) mass is 193 g/mol. The zero-order valence-corrected chi connectivity index (χ0v) is 8.52. The smallest absolute Gasteiger partial charge is 0.123 e. The first-order valence-corrected chi connectivity index (χ1v) is 5.14. The molecular formula is C12H16FN. The lowest BCUT2D eigenvalue weighted by molar-refractivity contribution is 0.252. The van der Waals surface area contributed by atoms with E-state index >= 15 is 0 Å². The van der Waals surface area contributed by atoms with E-state index in [0.717, 1.165) is 24.0 Å². The van der Waals surface area contributed by atoms with Crippen LogP contribution in [0, 0.1) is 12.7 Å². The molecule has 1 aliphatic carbocycles. The number of rotatable bonds is 2. The Hall–Kier alpha value is -0.890. The average Bonchev–Trinajstić information content (AvgIpc) is 2.01. The van der Waals surface area contributed by atoms with Crippen LogP contribution in [0.25, 0.3) is 0 Å². The van der Waals surface area contributed by atoms with Crippen molar-refractivity contribution in [1.82, 2.24) is 0 Å². The van der Waals surface area contributed by atoms with Crippen LogP contribution >= 0.6 is 0 Å². The van der Waals surface area contributed by atoms with Gasteiger partial charge in [0.05, 0.1) is 0 Å². The summed E-state index contributed by atoms with van der Waals surface area (Å²) in [6.07, 6.45) is 3.42. The molecule has 0 bridgehead atoms. The van der Waals surface area contributed by atoms with Crippen molar-refractivity contribution in [2.75, 3.05) is 6.54 Å². The van der Waals surface area contributed by atoms with Gasteiger partial charge >= 0.3 is 0 Å². The number of halogens is 1. The lowest BCUT2D eigenvalue weighted by Crippen LogP contribution is -2.41. The predicted molar refractivity (Wildman–Crippen MR) is 55.7 cm³/mol. The van der Waals surface area contributed by atoms with Gasteiger partial charge in [-0.15, -0.1) is 0 Å². The summed E-state index contributed by atoms with van der Waals surface area (Å²) >= 11 is 0. The fourth-order valence-electron chi connectivity index (χ4n) is 2.26. The minimum atomic E-state index is -0.139. The highest BCUT2D eigenvalue weighted by atomic mass is 19.1. The van der Waals surface area contributed by atoms with Crippen molar-refractivity contribution >= 4 is 0 Å². The van der Waals surface area contributed by atoms with Gasteiger partial charge in [0.25, 0.3) is 0 Å². The molecule has 0 heterocycles. The molecule has 0 radical (unpaired) electrons. The third-order valence-electron chi connectivity index (χ3n) is 3.36. The second kappa shape index (κ2) is 3.35. The van der Waals surface area contributed by atoms with Gasteiger partial charge in [-0.3, -0.25) is 0 Å². The molecule has 0 aliphatic heterocycles. The fraction of sp³-hybridized carbons (Fsp3) is 0.500. The molecule has 1 saturated carbocycles. The largest absolute Gasteiger partial charge is 0.330 e. The van der Waals surface area contributed by atoms with E-state index < -0.39 is 0 Å². The molecule has 1 aromatic carbocycles. The van der Waals surface area contributed by atoms with E-state index in [1.165, 1.54) is 6.42 Å². The SMILES string of the molecule is Cc1cc(F)cc(C2(CN)CCC2)c1. The van der Waals surface area contributed by atoms with Crippen LogP contribution in [0.1, 0.15) is 30.4 Å². The van der Waals surface area contributed by atoms with E-state index in [9.17, 15) is 4.39 Å². The van der Waals surface area contributed by atoms with Crippen LogP contribution in [0.5, 0.6) is 0 Å². The summed E-state index contributed by atoms with van der Waals surface area (Å²) in [5.74, 6) is -0.139. The number of aryl methyl sites for hydroxylation is 1. The van der Waals surface area contributed by atoms with Crippen molar-refractivity contribution in [3.05, 3.63) is 35.1 Å². The fourth-order valence-corrected chi connectivity index (χ4v) is 2.26. The van der Waals surface area contributed by atoms with Gasteiger partial charge in [0.1, 0.15) is 5.82 Å². The maximum atomic E-state index is 13.2. The summed E-state index contributed by atoms with van der Waals surface area (Å²) < 4.78 is 13.2. The third-order valence-corrected chi connectivity index (χ3v) is 3.36. The second-order valence-corrected chi connectivity index (χ2v) is 4.36. The van der Waals surface area contributed by atoms with Gasteiger partial charge in [0, 0.05) is 12.0 Å². The second-order valence-electron chi connectivity index (χ2n) is 4.36. The van der Waals surface area contributed by atoms with Crippen LogP contribution < -0.4 is 5.73 Å². The van der Waals surface area contributed by atoms with Gasteiger partial charge < -0.3 is 5.73 Å². The molecule has 2 N–H and O–H groups in total. The summed E-state index contributed by atoms with van der Waals surface area (Å²) in [4.78, 5) is 0. The first kappa shape index (κ1) is 9.66. The van der Waals surface area contributed by atoms with Gasteiger partial charge in [0.2, 0.25) is 0 Å². The molecule has 0 unspecified atom stereocenters. The van der Waals surface area contributed by atoms with Crippen LogP contribution in [-0.4, -0.2) is 6.54 Å². The molecule has 0 saturated heterocycles. The molecule has 0 amide bonds. The molecular weight excluding hydrogens is 177 g/mol. The highest BCUT2D eigenvalue weighted by Crippen LogP contribution is 2.43. The number of hydrogen-bond acceptors (Lipinski definition) is 1. The standard InChI is InChI=1S/C12H16FN/c1-9-5-10(7-11(13)6-9)12(8-14)3-2-4-12/h5-7H,2-4,8,14H2,1H3. The molecule has 0 spiro atoms. The first-order valence-electron chi connectivity index (χ1n) is 5.14. The Morgan fingerprint density at radius 2 is 2.07 bits per heavy atom. The van der Waals surface area contributed by atoms with Crippen molar-refractivity contribution in [2.24, 2.45) is 5.73 Å². The Labute approximate surface area is 84.1 Å². The van der Waals surface area contributed by atoms with Gasteiger partial charge in [-0.2, -0.15) is 0 Å². The Bertz CT molecular complexity index is 316. The quantitative estimate of drug-likeness (QED) is 0.767. The van der Waals surface area contributed by atoms with Crippen molar-refractivity contribution in [3.63, 3.8) is 0 Å². The number of nitrogens with two attached hydrogens (primary N) is 1. The molecule has 1 aliphatic rings. The third kappa shape index (κ3) is 1.44. The summed E-state index contributed by atoms with van der Waals surface area (Å²) in [5.41, 5.74) is 7.93. The van der Waals surface area contributed by atoms with Crippen LogP contribution in [-0.2, 0) is 5.41 Å². The summed E-state index contributed by atoms with van der Waals surface area (Å²) in [6.45, 7) is 2.56. The van der Waals surface area contributed by atoms with Crippen LogP contribution in [0.15, 0.2) is 18.2 Å². The van der Waals surface area contributed by atoms with E-state index in [2.05, 4.69) is 6.07 Å². The summed E-state index contributed by atoms with van der Waals surface area (Å²) in [6, 6.07) is 5.26. The van der Waals surface area contributed by atoms with E-state index in [1.54, 1.807) is 12.1 Å². The predicted octanol–water partition coefficient (Wildman–Crippen LogP) is 2.51. The van der Waals surface area contributed by atoms with E-state index in [-0.39, 0.29) is 11.2 Å². The maximum absolute atomic E-state index is 13.2. The molecule has 76 valence electrons. The number of benzene rings is 1. The van der Waals surface area contributed by atoms with E-state index in [0.29, 0.717) is 6.54 Å². The average molecular weight is 193 g/mol. The highest BCUT2D eigenvalue weighted by Gasteiger charge is 2.37. The Balaban J connectivity index is 2.39. The van der Waals surface area contributed by atoms with Crippen molar-refractivity contribution in [2.45, 2.75) is 31.6 Å². The molecule has 1 fully saturated rings. The topological polar surface area (TPSA) is 26.0 Å². The summed E-state index contributed by atoms with van der Waals surface area (Å²) in [5, 5.41) is 0. The molecule has 2 heteroatoms. The van der Waals surface area contributed by atoms with Gasteiger partial charge in [-0.1, -0.05) is 12.5 Å². The zero-order chi connectivity index (χ0) is 10.2. The minimum absolute atomic E-state index is 0.0763. The molecule has 1 nitrogen and oxygen atoms in total. The molecule has 0 atom stereocenters. The first-order chi connectivity index (χ1) is 6.66. The molecule has 14 heavy (non-hydrogen) atoms. The highest BCUT2D eigenvalue weighted by molar-refractivity contribution is 5.32. The zero-order valence-electron chi connectivity index (χ0n) is 8.52. The lowest BCUT2D eigenvalue weighted by Gasteiger charge is -2.41. The Kier molecular flexibility index (Phi) is 2.31. The Morgan fingerprint density at radius 3 is 2.50 bits per heavy atom. The normalized spacial score (nSPS) is 19.1. The van der Waals surface area contributed by atoms with Crippen LogP contribution in [0.3, 0.4) is 0 Å². The minimum Gasteiger partial charge on any atom is -0.330 e. The van der Waals surface area contributed by atoms with Crippen molar-refractivity contribution in [1.29, 1.82) is 0 Å². The van der Waals surface area contributed by atoms with Gasteiger partial charge in [-0.05, 0) is 43.0 Å². The van der Waals surface area contributed by atoms with Crippen molar-refractivity contribution < 1.29 is 4.39 Å². The molecule has 1 aromatic rings. The van der Waals surface area contributed by atoms with Crippen LogP contribution in [0.2, 0.25) is 0 Å². The summed E-state index contributed by atoms with van der Waals surface area (Å²) in [7, 11) is 0. The molecule has 2 rings (SSSR count). The lowest BCUT2D eigenvalue weighted by atomic mass is 9.64. The van der Waals surface area contributed by atoms with E-state index in [1.807, 2.05) is 6.92 Å². The van der Waals surface area contributed by atoms with E-state index in [4.69, 9.17) is 5.73 Å². The maximum Gasteiger partial charge on any atom is 0.123 e. The Morgan fingerprint density at radius 1 is 1.36 bits per heavy atom. The molecule has 0 aromatic heterocycles. The van der Waals surface area contributed by atoms with Gasteiger partial charge in [-0.25, -0.2) is 4.39 Å². The number of hydrogen-bond donors (Lipinski definition) is 1. The van der Waals surface area contributed by atoms with Crippen LogP contribution in [0.4, 0.5) is 4.39 Å². The van der Waals surface area contributed by atoms with Gasteiger partial charge in [0.15, 0.2) is 0 Å².